The first-order chi connectivity index (χ1) is 9.49. The number of rotatable bonds is 5. The Bertz CT molecular complexity index is 469. The smallest absolute Gasteiger partial charge is 0.313 e. The van der Waals surface area contributed by atoms with Gasteiger partial charge in [-0.2, -0.15) is 0 Å². The molecule has 6 nitrogen and oxygen atoms in total. The molecule has 0 aromatic carbocycles. The van der Waals surface area contributed by atoms with Crippen molar-refractivity contribution in [3.63, 3.8) is 0 Å². The van der Waals surface area contributed by atoms with Gasteiger partial charge < -0.3 is 10.0 Å². The van der Waals surface area contributed by atoms with Crippen molar-refractivity contribution in [1.82, 2.24) is 14.8 Å². The van der Waals surface area contributed by atoms with Gasteiger partial charge in [-0.25, -0.2) is 0 Å². The number of carboxylic acid groups (broad SMARTS) is 1. The largest absolute Gasteiger partial charge is 0.481 e. The van der Waals surface area contributed by atoms with E-state index >= 15 is 0 Å². The van der Waals surface area contributed by atoms with E-state index in [1.165, 1.54) is 37.4 Å². The Hall–Kier alpha value is -1.24. The van der Waals surface area contributed by atoms with Gasteiger partial charge in [0.1, 0.15) is 0 Å². The second kappa shape index (κ2) is 6.47. The summed E-state index contributed by atoms with van der Waals surface area (Å²) in [5, 5.41) is 17.7. The standard InChI is InChI=1S/C13H22N4O2S/c1-9-4-6-10(7-5-9)16(2)12-14-15-13(17(12)3)20-8-11(18)19/h9-10H,4-8H2,1-3H3,(H,18,19). The summed E-state index contributed by atoms with van der Waals surface area (Å²) in [6.45, 7) is 2.30. The summed E-state index contributed by atoms with van der Waals surface area (Å²) in [5.74, 6) is 0.809. The quantitative estimate of drug-likeness (QED) is 0.838. The van der Waals surface area contributed by atoms with Crippen LogP contribution < -0.4 is 4.90 Å². The summed E-state index contributed by atoms with van der Waals surface area (Å²) in [7, 11) is 3.94. The Morgan fingerprint density at radius 3 is 2.65 bits per heavy atom. The highest BCUT2D eigenvalue weighted by Gasteiger charge is 2.25. The number of thioether (sulfide) groups is 1. The molecule has 20 heavy (non-hydrogen) atoms. The lowest BCUT2D eigenvalue weighted by Gasteiger charge is -2.33. The lowest BCUT2D eigenvalue weighted by atomic mass is 9.87. The second-order valence-electron chi connectivity index (χ2n) is 5.55. The zero-order valence-corrected chi connectivity index (χ0v) is 13.1. The van der Waals surface area contributed by atoms with Crippen molar-refractivity contribution in [1.29, 1.82) is 0 Å². The van der Waals surface area contributed by atoms with Crippen LogP contribution in [0.1, 0.15) is 32.6 Å². The Balaban J connectivity index is 2.03. The molecule has 112 valence electrons. The summed E-state index contributed by atoms with van der Waals surface area (Å²) < 4.78 is 1.88. The van der Waals surface area contributed by atoms with Gasteiger partial charge in [-0.05, 0) is 31.6 Å². The van der Waals surface area contributed by atoms with E-state index < -0.39 is 5.97 Å². The van der Waals surface area contributed by atoms with Crippen LogP contribution in [-0.4, -0.2) is 44.7 Å². The molecule has 1 saturated carbocycles. The van der Waals surface area contributed by atoms with Crippen molar-refractivity contribution < 1.29 is 9.90 Å². The third kappa shape index (κ3) is 3.45. The van der Waals surface area contributed by atoms with Gasteiger partial charge in [0.25, 0.3) is 0 Å². The number of anilines is 1. The molecule has 1 N–H and O–H groups in total. The molecule has 1 aliphatic carbocycles. The van der Waals surface area contributed by atoms with E-state index in [0.29, 0.717) is 11.2 Å². The predicted molar refractivity (Wildman–Crippen MR) is 79.2 cm³/mol. The molecule has 0 bridgehead atoms. The van der Waals surface area contributed by atoms with Gasteiger partial charge >= 0.3 is 5.97 Å². The maximum absolute atomic E-state index is 10.6. The van der Waals surface area contributed by atoms with Crippen LogP contribution in [0.2, 0.25) is 0 Å². The van der Waals surface area contributed by atoms with Gasteiger partial charge in [0.15, 0.2) is 5.16 Å². The third-order valence-electron chi connectivity index (χ3n) is 3.99. The number of hydrogen-bond donors (Lipinski definition) is 1. The molecule has 1 aromatic heterocycles. The molecular weight excluding hydrogens is 276 g/mol. The molecule has 1 aromatic rings. The van der Waals surface area contributed by atoms with Crippen molar-refractivity contribution in [2.75, 3.05) is 17.7 Å². The first-order valence-corrected chi connectivity index (χ1v) is 7.94. The molecule has 0 aliphatic heterocycles. The Labute approximate surface area is 123 Å². The Morgan fingerprint density at radius 1 is 1.40 bits per heavy atom. The molecule has 1 fully saturated rings. The molecule has 0 saturated heterocycles. The fourth-order valence-electron chi connectivity index (χ4n) is 2.66. The van der Waals surface area contributed by atoms with Crippen molar-refractivity contribution >= 4 is 23.7 Å². The minimum Gasteiger partial charge on any atom is -0.481 e. The van der Waals surface area contributed by atoms with Crippen LogP contribution in [0, 0.1) is 5.92 Å². The van der Waals surface area contributed by atoms with Gasteiger partial charge in [0.2, 0.25) is 5.95 Å². The number of nitrogens with zero attached hydrogens (tertiary/aromatic N) is 4. The molecule has 1 aliphatic rings. The average Bonchev–Trinajstić information content (AvgIpc) is 2.78. The highest BCUT2D eigenvalue weighted by molar-refractivity contribution is 7.99. The van der Waals surface area contributed by atoms with Crippen LogP contribution in [0.3, 0.4) is 0 Å². The van der Waals surface area contributed by atoms with E-state index in [2.05, 4.69) is 29.1 Å². The first kappa shape index (κ1) is 15.2. The molecule has 1 heterocycles. The van der Waals surface area contributed by atoms with E-state index in [-0.39, 0.29) is 5.75 Å². The van der Waals surface area contributed by atoms with Gasteiger partial charge in [-0.15, -0.1) is 10.2 Å². The summed E-state index contributed by atoms with van der Waals surface area (Å²) in [5.41, 5.74) is 0. The fourth-order valence-corrected chi connectivity index (χ4v) is 3.29. The van der Waals surface area contributed by atoms with Crippen LogP contribution in [-0.2, 0) is 11.8 Å². The van der Waals surface area contributed by atoms with Crippen molar-refractivity contribution in [3.8, 4) is 0 Å². The van der Waals surface area contributed by atoms with E-state index in [9.17, 15) is 4.79 Å². The average molecular weight is 298 g/mol. The van der Waals surface area contributed by atoms with Crippen molar-refractivity contribution in [2.24, 2.45) is 13.0 Å². The van der Waals surface area contributed by atoms with Crippen molar-refractivity contribution in [2.45, 2.75) is 43.8 Å². The van der Waals surface area contributed by atoms with Crippen LogP contribution in [0.15, 0.2) is 5.16 Å². The molecule has 7 heteroatoms. The van der Waals surface area contributed by atoms with Gasteiger partial charge in [-0.1, -0.05) is 18.7 Å². The maximum atomic E-state index is 10.6. The number of carbonyl (C=O) groups is 1. The topological polar surface area (TPSA) is 71.2 Å². The lowest BCUT2D eigenvalue weighted by Crippen LogP contribution is -2.36. The predicted octanol–water partition coefficient (Wildman–Crippen LogP) is 2.01. The highest BCUT2D eigenvalue weighted by Crippen LogP contribution is 2.29. The normalized spacial score (nSPS) is 22.8. The molecule has 0 radical (unpaired) electrons. The third-order valence-corrected chi connectivity index (χ3v) is 4.99. The second-order valence-corrected chi connectivity index (χ2v) is 6.49. The van der Waals surface area contributed by atoms with E-state index in [4.69, 9.17) is 5.11 Å². The molecule has 0 spiro atoms. The van der Waals surface area contributed by atoms with Crippen LogP contribution in [0.5, 0.6) is 0 Å². The van der Waals surface area contributed by atoms with Gasteiger partial charge in [-0.3, -0.25) is 9.36 Å². The molecule has 2 rings (SSSR count). The molecular formula is C13H22N4O2S. The first-order valence-electron chi connectivity index (χ1n) is 6.96. The minimum atomic E-state index is -0.839. The minimum absolute atomic E-state index is 0.0105. The monoisotopic (exact) mass is 298 g/mol. The van der Waals surface area contributed by atoms with Gasteiger partial charge in [0.05, 0.1) is 5.75 Å². The van der Waals surface area contributed by atoms with Crippen LogP contribution in [0.25, 0.3) is 0 Å². The molecule has 0 atom stereocenters. The van der Waals surface area contributed by atoms with E-state index in [1.54, 1.807) is 0 Å². The number of hydrogen-bond acceptors (Lipinski definition) is 5. The zero-order chi connectivity index (χ0) is 14.7. The van der Waals surface area contributed by atoms with E-state index in [1.807, 2.05) is 11.6 Å². The highest BCUT2D eigenvalue weighted by atomic mass is 32.2. The van der Waals surface area contributed by atoms with Crippen molar-refractivity contribution in [3.05, 3.63) is 0 Å². The summed E-state index contributed by atoms with van der Waals surface area (Å²) >= 11 is 1.20. The van der Waals surface area contributed by atoms with Gasteiger partial charge in [0, 0.05) is 20.1 Å². The SMILES string of the molecule is CC1CCC(N(C)c2nnc(SCC(=O)O)n2C)CC1. The maximum Gasteiger partial charge on any atom is 0.313 e. The Kier molecular flexibility index (Phi) is 4.91. The molecule has 0 unspecified atom stereocenters. The summed E-state index contributed by atoms with van der Waals surface area (Å²) in [6.07, 6.45) is 4.88. The summed E-state index contributed by atoms with van der Waals surface area (Å²) in [4.78, 5) is 12.8. The number of carboxylic acids is 1. The number of aromatic nitrogens is 3. The number of aliphatic carboxylic acids is 1. The zero-order valence-electron chi connectivity index (χ0n) is 12.2. The Morgan fingerprint density at radius 2 is 2.05 bits per heavy atom. The fraction of sp³-hybridized carbons (Fsp3) is 0.769. The lowest BCUT2D eigenvalue weighted by molar-refractivity contribution is -0.133. The van der Waals surface area contributed by atoms with Crippen LogP contribution >= 0.6 is 11.8 Å². The van der Waals surface area contributed by atoms with E-state index in [0.717, 1.165) is 11.9 Å². The van der Waals surface area contributed by atoms with Crippen LogP contribution in [0.4, 0.5) is 5.95 Å². The molecule has 0 amide bonds. The summed E-state index contributed by atoms with van der Waals surface area (Å²) in [6, 6.07) is 0.506.